The van der Waals surface area contributed by atoms with Gasteiger partial charge in [0.1, 0.15) is 0 Å². The van der Waals surface area contributed by atoms with Crippen LogP contribution in [0.15, 0.2) is 83.2 Å². The molecule has 1 aliphatic heterocycles. The van der Waals surface area contributed by atoms with Gasteiger partial charge in [0.15, 0.2) is 5.17 Å². The molecule has 0 N–H and O–H groups in total. The molecule has 1 amide bonds. The standard InChI is InChI=1S/C20H16N2OS2/c23-19-14-18(17-12-7-13-24-17)25-20(21-19)22(15-8-3-1-4-9-15)16-10-5-2-6-11-16/h1-13,18H,14H2. The Balaban J connectivity index is 1.75. The normalized spacial score (nSPS) is 17.2. The van der Waals surface area contributed by atoms with Gasteiger partial charge in [0.25, 0.3) is 0 Å². The molecular formula is C20H16N2OS2. The molecule has 3 aromatic rings. The van der Waals surface area contributed by atoms with Crippen molar-refractivity contribution in [2.45, 2.75) is 11.7 Å². The molecule has 1 aromatic heterocycles. The predicted octanol–water partition coefficient (Wildman–Crippen LogP) is 5.65. The lowest BCUT2D eigenvalue weighted by atomic mass is 10.2. The van der Waals surface area contributed by atoms with Crippen LogP contribution in [0.5, 0.6) is 0 Å². The zero-order chi connectivity index (χ0) is 17.1. The summed E-state index contributed by atoms with van der Waals surface area (Å²) < 4.78 is 0. The minimum Gasteiger partial charge on any atom is -0.289 e. The van der Waals surface area contributed by atoms with Gasteiger partial charge in [0.2, 0.25) is 5.91 Å². The first-order chi connectivity index (χ1) is 12.3. The summed E-state index contributed by atoms with van der Waals surface area (Å²) in [5.74, 6) is -0.0657. The van der Waals surface area contributed by atoms with E-state index in [1.807, 2.05) is 66.7 Å². The highest BCUT2D eigenvalue weighted by molar-refractivity contribution is 8.14. The summed E-state index contributed by atoms with van der Waals surface area (Å²) in [5, 5.41) is 2.90. The number of thioether (sulfide) groups is 1. The summed E-state index contributed by atoms with van der Waals surface area (Å²) >= 11 is 3.35. The molecule has 25 heavy (non-hydrogen) atoms. The van der Waals surface area contributed by atoms with Gasteiger partial charge in [0, 0.05) is 22.7 Å². The first-order valence-electron chi connectivity index (χ1n) is 8.03. The summed E-state index contributed by atoms with van der Waals surface area (Å²) in [6.45, 7) is 0. The van der Waals surface area contributed by atoms with Crippen LogP contribution < -0.4 is 4.90 Å². The van der Waals surface area contributed by atoms with Crippen LogP contribution in [0, 0.1) is 0 Å². The Morgan fingerprint density at radius 3 is 2.08 bits per heavy atom. The molecule has 3 nitrogen and oxygen atoms in total. The Labute approximate surface area is 155 Å². The number of benzene rings is 2. The third-order valence-electron chi connectivity index (χ3n) is 3.91. The number of carbonyl (C=O) groups is 1. The Hall–Kier alpha value is -2.37. The van der Waals surface area contributed by atoms with Crippen molar-refractivity contribution in [1.82, 2.24) is 0 Å². The average Bonchev–Trinajstić information content (AvgIpc) is 3.18. The topological polar surface area (TPSA) is 32.7 Å². The predicted molar refractivity (Wildman–Crippen MR) is 107 cm³/mol. The summed E-state index contributed by atoms with van der Waals surface area (Å²) in [5.41, 5.74) is 2.00. The number of amidine groups is 1. The first kappa shape index (κ1) is 16.1. The van der Waals surface area contributed by atoms with E-state index in [9.17, 15) is 4.79 Å². The van der Waals surface area contributed by atoms with Gasteiger partial charge in [-0.05, 0) is 35.7 Å². The van der Waals surface area contributed by atoms with Gasteiger partial charge < -0.3 is 0 Å². The molecule has 0 bridgehead atoms. The maximum absolute atomic E-state index is 12.3. The van der Waals surface area contributed by atoms with E-state index >= 15 is 0 Å². The molecule has 124 valence electrons. The van der Waals surface area contributed by atoms with Crippen molar-refractivity contribution < 1.29 is 4.79 Å². The molecule has 0 spiro atoms. The minimum absolute atomic E-state index is 0.0657. The summed E-state index contributed by atoms with van der Waals surface area (Å²) in [7, 11) is 0. The van der Waals surface area contributed by atoms with E-state index in [0.29, 0.717) is 6.42 Å². The second-order valence-corrected chi connectivity index (χ2v) is 7.77. The molecule has 0 saturated heterocycles. The molecule has 5 heteroatoms. The zero-order valence-corrected chi connectivity index (χ0v) is 15.0. The monoisotopic (exact) mass is 364 g/mol. The lowest BCUT2D eigenvalue weighted by Gasteiger charge is -2.30. The summed E-state index contributed by atoms with van der Waals surface area (Å²) in [6.07, 6.45) is 0.450. The second-order valence-electron chi connectivity index (χ2n) is 5.62. The molecule has 1 atom stereocenters. The van der Waals surface area contributed by atoms with Crippen molar-refractivity contribution in [1.29, 1.82) is 0 Å². The average molecular weight is 364 g/mol. The number of rotatable bonds is 3. The van der Waals surface area contributed by atoms with Crippen LogP contribution in [0.1, 0.15) is 16.5 Å². The van der Waals surface area contributed by atoms with Crippen LogP contribution in [0.2, 0.25) is 0 Å². The van der Waals surface area contributed by atoms with Crippen LogP contribution in [-0.2, 0) is 4.79 Å². The number of carbonyl (C=O) groups excluding carboxylic acids is 1. The Bertz CT molecular complexity index is 837. The SMILES string of the molecule is O=C1CC(c2cccs2)SC(N(c2ccccc2)c2ccccc2)=N1. The molecule has 1 aliphatic rings. The molecule has 0 saturated carbocycles. The highest BCUT2D eigenvalue weighted by Crippen LogP contribution is 2.42. The van der Waals surface area contributed by atoms with E-state index in [4.69, 9.17) is 0 Å². The van der Waals surface area contributed by atoms with Crippen molar-refractivity contribution in [2.75, 3.05) is 4.90 Å². The largest absolute Gasteiger partial charge is 0.289 e. The Morgan fingerprint density at radius 2 is 1.52 bits per heavy atom. The number of nitrogens with zero attached hydrogens (tertiary/aromatic N) is 2. The third-order valence-corrected chi connectivity index (χ3v) is 6.23. The van der Waals surface area contributed by atoms with Gasteiger partial charge in [-0.2, -0.15) is 4.99 Å². The van der Waals surface area contributed by atoms with E-state index in [1.54, 1.807) is 23.1 Å². The lowest BCUT2D eigenvalue weighted by molar-refractivity contribution is -0.117. The van der Waals surface area contributed by atoms with E-state index < -0.39 is 0 Å². The van der Waals surface area contributed by atoms with E-state index in [2.05, 4.69) is 21.3 Å². The van der Waals surface area contributed by atoms with Crippen LogP contribution >= 0.6 is 23.1 Å². The number of aliphatic imine (C=N–C) groups is 1. The van der Waals surface area contributed by atoms with E-state index in [0.717, 1.165) is 16.5 Å². The van der Waals surface area contributed by atoms with Gasteiger partial charge in [-0.25, -0.2) is 0 Å². The number of anilines is 2. The van der Waals surface area contributed by atoms with Gasteiger partial charge >= 0.3 is 0 Å². The molecule has 0 radical (unpaired) electrons. The lowest BCUT2D eigenvalue weighted by Crippen LogP contribution is -2.28. The summed E-state index contributed by atoms with van der Waals surface area (Å²) in [4.78, 5) is 20.0. The first-order valence-corrected chi connectivity index (χ1v) is 9.79. The van der Waals surface area contributed by atoms with Gasteiger partial charge in [-0.15, -0.1) is 11.3 Å². The highest BCUT2D eigenvalue weighted by atomic mass is 32.2. The highest BCUT2D eigenvalue weighted by Gasteiger charge is 2.29. The number of para-hydroxylation sites is 2. The number of amides is 1. The van der Waals surface area contributed by atoms with Gasteiger partial charge in [-0.1, -0.05) is 54.2 Å². The minimum atomic E-state index is -0.0657. The molecule has 2 heterocycles. The molecular weight excluding hydrogens is 348 g/mol. The van der Waals surface area contributed by atoms with Gasteiger partial charge in [-0.3, -0.25) is 9.69 Å². The van der Waals surface area contributed by atoms with Crippen molar-refractivity contribution >= 4 is 45.5 Å². The van der Waals surface area contributed by atoms with E-state index in [1.165, 1.54) is 4.88 Å². The fourth-order valence-corrected chi connectivity index (χ4v) is 4.93. The van der Waals surface area contributed by atoms with Crippen molar-refractivity contribution in [3.8, 4) is 0 Å². The smallest absolute Gasteiger partial charge is 0.249 e. The quantitative estimate of drug-likeness (QED) is 0.602. The number of thiophene rings is 1. The van der Waals surface area contributed by atoms with Crippen LogP contribution in [-0.4, -0.2) is 11.1 Å². The molecule has 2 aromatic carbocycles. The summed E-state index contributed by atoms with van der Waals surface area (Å²) in [6, 6.07) is 24.2. The van der Waals surface area contributed by atoms with Crippen molar-refractivity contribution in [2.24, 2.45) is 4.99 Å². The maximum Gasteiger partial charge on any atom is 0.249 e. The fourth-order valence-electron chi connectivity index (χ4n) is 2.77. The second kappa shape index (κ2) is 7.25. The Morgan fingerprint density at radius 1 is 0.880 bits per heavy atom. The molecule has 0 aliphatic carbocycles. The Kier molecular flexibility index (Phi) is 4.68. The number of hydrogen-bond donors (Lipinski definition) is 0. The third kappa shape index (κ3) is 3.52. The van der Waals surface area contributed by atoms with Crippen LogP contribution in [0.25, 0.3) is 0 Å². The molecule has 0 fully saturated rings. The van der Waals surface area contributed by atoms with Crippen molar-refractivity contribution in [3.63, 3.8) is 0 Å². The molecule has 4 rings (SSSR count). The van der Waals surface area contributed by atoms with Crippen LogP contribution in [0.3, 0.4) is 0 Å². The van der Waals surface area contributed by atoms with Gasteiger partial charge in [0.05, 0.1) is 5.25 Å². The zero-order valence-electron chi connectivity index (χ0n) is 13.4. The molecule has 1 unspecified atom stereocenters. The maximum atomic E-state index is 12.3. The fraction of sp³-hybridized carbons (Fsp3) is 0.100. The number of hydrogen-bond acceptors (Lipinski definition) is 4. The van der Waals surface area contributed by atoms with Crippen LogP contribution in [0.4, 0.5) is 11.4 Å². The van der Waals surface area contributed by atoms with Crippen molar-refractivity contribution in [3.05, 3.63) is 83.1 Å². The van der Waals surface area contributed by atoms with E-state index in [-0.39, 0.29) is 11.2 Å².